The first-order valence-corrected chi connectivity index (χ1v) is 7.90. The van der Waals surface area contributed by atoms with Crippen LogP contribution >= 0.6 is 0 Å². The first-order chi connectivity index (χ1) is 10.0. The normalized spacial score (nSPS) is 22.1. The van der Waals surface area contributed by atoms with Crippen LogP contribution in [0.15, 0.2) is 4.52 Å². The van der Waals surface area contributed by atoms with Crippen LogP contribution in [0.4, 0.5) is 0 Å². The molecule has 0 aliphatic carbocycles. The van der Waals surface area contributed by atoms with Gasteiger partial charge in [-0.05, 0) is 26.2 Å². The van der Waals surface area contributed by atoms with Crippen molar-refractivity contribution in [3.8, 4) is 0 Å². The van der Waals surface area contributed by atoms with Gasteiger partial charge in [0.1, 0.15) is 6.10 Å². The van der Waals surface area contributed by atoms with Gasteiger partial charge in [-0.2, -0.15) is 4.98 Å². The Morgan fingerprint density at radius 3 is 2.71 bits per heavy atom. The third kappa shape index (κ3) is 4.25. The summed E-state index contributed by atoms with van der Waals surface area (Å²) in [5, 5.41) is 4.12. The van der Waals surface area contributed by atoms with Crippen molar-refractivity contribution in [1.82, 2.24) is 15.0 Å². The monoisotopic (exact) mass is 296 g/mol. The zero-order chi connectivity index (χ0) is 15.4. The summed E-state index contributed by atoms with van der Waals surface area (Å²) in [7, 11) is 0. The molecule has 2 N–H and O–H groups in total. The minimum absolute atomic E-state index is 0.101. The van der Waals surface area contributed by atoms with Gasteiger partial charge in [-0.1, -0.05) is 19.0 Å². The maximum atomic E-state index is 5.84. The van der Waals surface area contributed by atoms with Crippen LogP contribution in [-0.4, -0.2) is 47.3 Å². The van der Waals surface area contributed by atoms with Gasteiger partial charge in [-0.15, -0.1) is 0 Å². The summed E-state index contributed by atoms with van der Waals surface area (Å²) in [6.07, 6.45) is 0.859. The largest absolute Gasteiger partial charge is 0.367 e. The van der Waals surface area contributed by atoms with Gasteiger partial charge in [0.05, 0.1) is 12.5 Å². The van der Waals surface area contributed by atoms with Crippen molar-refractivity contribution in [2.24, 2.45) is 11.7 Å². The summed E-state index contributed by atoms with van der Waals surface area (Å²) in [5.41, 5.74) is 5.84. The predicted molar refractivity (Wildman–Crippen MR) is 81.0 cm³/mol. The van der Waals surface area contributed by atoms with Gasteiger partial charge in [-0.25, -0.2) is 0 Å². The van der Waals surface area contributed by atoms with Crippen LogP contribution in [0, 0.1) is 5.92 Å². The highest BCUT2D eigenvalue weighted by atomic mass is 16.5. The van der Waals surface area contributed by atoms with Gasteiger partial charge in [0.15, 0.2) is 0 Å². The maximum absolute atomic E-state index is 5.84. The molecule has 1 aliphatic heterocycles. The lowest BCUT2D eigenvalue weighted by molar-refractivity contribution is -0.0450. The van der Waals surface area contributed by atoms with Crippen LogP contribution in [0.25, 0.3) is 0 Å². The molecule has 2 rings (SSSR count). The molecule has 0 bridgehead atoms. The molecule has 1 fully saturated rings. The molecule has 1 aromatic rings. The lowest BCUT2D eigenvalue weighted by atomic mass is 9.97. The number of nitrogens with two attached hydrogens (primary N) is 1. The Hall–Kier alpha value is -0.980. The Morgan fingerprint density at radius 2 is 2.10 bits per heavy atom. The zero-order valence-electron chi connectivity index (χ0n) is 13.6. The van der Waals surface area contributed by atoms with E-state index in [-0.39, 0.29) is 12.0 Å². The molecule has 0 saturated carbocycles. The predicted octanol–water partition coefficient (Wildman–Crippen LogP) is 1.94. The highest BCUT2D eigenvalue weighted by Crippen LogP contribution is 2.25. The van der Waals surface area contributed by atoms with Crippen LogP contribution in [-0.2, 0) is 4.74 Å². The molecule has 6 nitrogen and oxygen atoms in total. The lowest BCUT2D eigenvalue weighted by Crippen LogP contribution is -2.42. The highest BCUT2D eigenvalue weighted by molar-refractivity contribution is 4.99. The second-order valence-corrected chi connectivity index (χ2v) is 6.50. The fourth-order valence-corrected chi connectivity index (χ4v) is 2.71. The molecule has 21 heavy (non-hydrogen) atoms. The Kier molecular flexibility index (Phi) is 5.72. The molecule has 1 saturated heterocycles. The standard InChI is InChI=1S/C15H28N4O2/c1-10(2)7-12(8-16)15-17-14(18-21-15)13-9-19(11(3)4)5-6-20-13/h10-13H,5-9,16H2,1-4H3. The highest BCUT2D eigenvalue weighted by Gasteiger charge is 2.28. The molecule has 0 radical (unpaired) electrons. The molecule has 1 aromatic heterocycles. The Bertz CT molecular complexity index is 433. The van der Waals surface area contributed by atoms with E-state index in [4.69, 9.17) is 15.0 Å². The number of hydrogen-bond acceptors (Lipinski definition) is 6. The molecular weight excluding hydrogens is 268 g/mol. The molecular formula is C15H28N4O2. The molecule has 0 amide bonds. The summed E-state index contributed by atoms with van der Waals surface area (Å²) in [6, 6.07) is 0.500. The van der Waals surface area contributed by atoms with Crippen molar-refractivity contribution >= 4 is 0 Å². The van der Waals surface area contributed by atoms with Crippen LogP contribution < -0.4 is 5.73 Å². The van der Waals surface area contributed by atoms with E-state index in [0.29, 0.717) is 36.8 Å². The van der Waals surface area contributed by atoms with E-state index in [1.807, 2.05) is 0 Å². The number of morpholine rings is 1. The van der Waals surface area contributed by atoms with E-state index >= 15 is 0 Å². The van der Waals surface area contributed by atoms with Crippen molar-refractivity contribution < 1.29 is 9.26 Å². The zero-order valence-corrected chi connectivity index (χ0v) is 13.6. The van der Waals surface area contributed by atoms with E-state index < -0.39 is 0 Å². The number of ether oxygens (including phenoxy) is 1. The van der Waals surface area contributed by atoms with E-state index in [9.17, 15) is 0 Å². The van der Waals surface area contributed by atoms with Crippen LogP contribution in [0.3, 0.4) is 0 Å². The quantitative estimate of drug-likeness (QED) is 0.864. The molecule has 2 heterocycles. The van der Waals surface area contributed by atoms with Crippen molar-refractivity contribution in [2.45, 2.75) is 52.2 Å². The van der Waals surface area contributed by atoms with E-state index in [2.05, 4.69) is 42.7 Å². The smallest absolute Gasteiger partial charge is 0.231 e. The van der Waals surface area contributed by atoms with Crippen molar-refractivity contribution in [1.29, 1.82) is 0 Å². The van der Waals surface area contributed by atoms with Crippen LogP contribution in [0.2, 0.25) is 0 Å². The minimum atomic E-state index is -0.101. The maximum Gasteiger partial charge on any atom is 0.231 e. The summed E-state index contributed by atoms with van der Waals surface area (Å²) in [5.74, 6) is 1.98. The fourth-order valence-electron chi connectivity index (χ4n) is 2.71. The average Bonchev–Trinajstić information content (AvgIpc) is 2.94. The van der Waals surface area contributed by atoms with Crippen LogP contribution in [0.1, 0.15) is 57.9 Å². The second-order valence-electron chi connectivity index (χ2n) is 6.50. The Labute approximate surface area is 127 Å². The van der Waals surface area contributed by atoms with Gasteiger partial charge in [-0.3, -0.25) is 4.90 Å². The molecule has 2 unspecified atom stereocenters. The number of rotatable bonds is 6. The fraction of sp³-hybridized carbons (Fsp3) is 0.867. The SMILES string of the molecule is CC(C)CC(CN)c1nc(C2CN(C(C)C)CCO2)no1. The number of hydrogen-bond donors (Lipinski definition) is 1. The molecule has 0 aromatic carbocycles. The minimum Gasteiger partial charge on any atom is -0.367 e. The molecule has 1 aliphatic rings. The topological polar surface area (TPSA) is 77.4 Å². The third-order valence-corrected chi connectivity index (χ3v) is 3.96. The number of aromatic nitrogens is 2. The summed E-state index contributed by atoms with van der Waals surface area (Å²) in [4.78, 5) is 6.92. The van der Waals surface area contributed by atoms with Crippen molar-refractivity contribution in [2.75, 3.05) is 26.2 Å². The van der Waals surface area contributed by atoms with Gasteiger partial charge in [0.2, 0.25) is 11.7 Å². The van der Waals surface area contributed by atoms with E-state index in [1.165, 1.54) is 0 Å². The van der Waals surface area contributed by atoms with Crippen molar-refractivity contribution in [3.05, 3.63) is 11.7 Å². The molecule has 6 heteroatoms. The van der Waals surface area contributed by atoms with Gasteiger partial charge in [0, 0.05) is 25.7 Å². The van der Waals surface area contributed by atoms with Crippen LogP contribution in [0.5, 0.6) is 0 Å². The van der Waals surface area contributed by atoms with Crippen molar-refractivity contribution in [3.63, 3.8) is 0 Å². The van der Waals surface area contributed by atoms with Gasteiger partial charge >= 0.3 is 0 Å². The van der Waals surface area contributed by atoms with Gasteiger partial charge < -0.3 is 15.0 Å². The lowest BCUT2D eigenvalue weighted by Gasteiger charge is -2.34. The Morgan fingerprint density at radius 1 is 1.33 bits per heavy atom. The first kappa shape index (κ1) is 16.4. The Balaban J connectivity index is 2.04. The van der Waals surface area contributed by atoms with E-state index in [0.717, 1.165) is 19.5 Å². The first-order valence-electron chi connectivity index (χ1n) is 7.90. The average molecular weight is 296 g/mol. The van der Waals surface area contributed by atoms with E-state index in [1.54, 1.807) is 0 Å². The summed E-state index contributed by atoms with van der Waals surface area (Å²) in [6.45, 7) is 11.7. The third-order valence-electron chi connectivity index (χ3n) is 3.96. The number of nitrogens with zero attached hydrogens (tertiary/aromatic N) is 3. The molecule has 2 atom stereocenters. The summed E-state index contributed by atoms with van der Waals surface area (Å²) < 4.78 is 11.2. The summed E-state index contributed by atoms with van der Waals surface area (Å²) >= 11 is 0. The van der Waals surface area contributed by atoms with Gasteiger partial charge in [0.25, 0.3) is 0 Å². The molecule has 120 valence electrons. The second kappa shape index (κ2) is 7.33. The molecule has 0 spiro atoms.